The molecule has 516 valence electrons. The highest BCUT2D eigenvalue weighted by Gasteiger charge is 2.27. The minimum atomic E-state index is -4.40. The lowest BCUT2D eigenvalue weighted by Gasteiger charge is -2.24. The van der Waals surface area contributed by atoms with Gasteiger partial charge in [-0.25, -0.2) is 4.57 Å². The molecule has 0 fully saturated rings. The summed E-state index contributed by atoms with van der Waals surface area (Å²) >= 11 is 0. The summed E-state index contributed by atoms with van der Waals surface area (Å²) < 4.78 is 34.8. The molecule has 90 heavy (non-hydrogen) atoms. The van der Waals surface area contributed by atoms with E-state index in [1.807, 2.05) is 21.1 Å². The minimum Gasteiger partial charge on any atom is -0.462 e. The lowest BCUT2D eigenvalue weighted by atomic mass is 10.0. The quantitative estimate of drug-likeness (QED) is 0.0211. The first kappa shape index (κ1) is 86.2. The number of carbonyl (C=O) groups excluding carboxylic acids is 2. The molecule has 0 spiro atoms. The number of hydrogen-bond acceptors (Lipinski definition) is 7. The van der Waals surface area contributed by atoms with Gasteiger partial charge in [0.2, 0.25) is 0 Å². The van der Waals surface area contributed by atoms with E-state index in [0.29, 0.717) is 17.4 Å². The molecule has 9 nitrogen and oxygen atoms in total. The fourth-order valence-corrected chi connectivity index (χ4v) is 10.8. The Morgan fingerprint density at radius 2 is 0.600 bits per heavy atom. The van der Waals surface area contributed by atoms with Crippen LogP contribution >= 0.6 is 7.82 Å². The first-order chi connectivity index (χ1) is 44.0. The lowest BCUT2D eigenvalue weighted by molar-refractivity contribution is -0.870. The van der Waals surface area contributed by atoms with Crippen molar-refractivity contribution in [1.82, 2.24) is 0 Å². The van der Waals surface area contributed by atoms with Crippen molar-refractivity contribution in [3.8, 4) is 0 Å². The SMILES string of the molecule is CC/C=C\C/C=C\C/C=C\C/C=C\C/C=C\C/C=C\C/C=C\CCCCCCCCCCCCCCCCCC(=O)OC(COC(=O)CCCCCCCCCCCCCCCCCC/C=C\C/C=C\C/C=C\C/C=C\CC)COP(=O)(O)OCC[N+](C)(C)C. The van der Waals surface area contributed by atoms with E-state index in [-0.39, 0.29) is 32.0 Å². The maximum Gasteiger partial charge on any atom is 0.472 e. The Bertz CT molecular complexity index is 1980. The van der Waals surface area contributed by atoms with Crippen LogP contribution in [0.2, 0.25) is 0 Å². The van der Waals surface area contributed by atoms with Crippen molar-refractivity contribution in [2.75, 3.05) is 47.5 Å². The second-order valence-electron chi connectivity index (χ2n) is 25.6. The highest BCUT2D eigenvalue weighted by Crippen LogP contribution is 2.43. The number of unbranched alkanes of at least 4 members (excludes halogenated alkanes) is 31. The molecule has 0 aliphatic heterocycles. The third-order valence-corrected chi connectivity index (χ3v) is 16.7. The first-order valence-corrected chi connectivity index (χ1v) is 38.4. The van der Waals surface area contributed by atoms with Crippen LogP contribution in [0.1, 0.15) is 309 Å². The predicted octanol–water partition coefficient (Wildman–Crippen LogP) is 24.4. The van der Waals surface area contributed by atoms with Gasteiger partial charge in [0.1, 0.15) is 19.8 Å². The van der Waals surface area contributed by atoms with Gasteiger partial charge in [-0.3, -0.25) is 18.6 Å². The molecule has 2 atom stereocenters. The van der Waals surface area contributed by atoms with Crippen LogP contribution in [0.5, 0.6) is 0 Å². The Labute approximate surface area is 555 Å². The third kappa shape index (κ3) is 73.2. The first-order valence-electron chi connectivity index (χ1n) is 36.9. The summed E-state index contributed by atoms with van der Waals surface area (Å²) in [6, 6.07) is 0. The van der Waals surface area contributed by atoms with E-state index in [9.17, 15) is 19.0 Å². The monoisotopic (exact) mass is 1270 g/mol. The van der Waals surface area contributed by atoms with E-state index >= 15 is 0 Å². The average Bonchev–Trinajstić information content (AvgIpc) is 3.58. The molecule has 0 radical (unpaired) electrons. The number of quaternary nitrogens is 1. The van der Waals surface area contributed by atoms with Crippen LogP contribution in [0.3, 0.4) is 0 Å². The zero-order valence-electron chi connectivity index (χ0n) is 58.8. The smallest absolute Gasteiger partial charge is 0.462 e. The van der Waals surface area contributed by atoms with E-state index < -0.39 is 26.5 Å². The summed E-state index contributed by atoms with van der Waals surface area (Å²) in [7, 11) is 1.48. The number of nitrogens with zero attached hydrogens (tertiary/aromatic N) is 1. The number of rotatable bonds is 67. The number of carbonyl (C=O) groups is 2. The second-order valence-corrected chi connectivity index (χ2v) is 27.0. The molecular formula is C80H139NO8P+. The summed E-state index contributed by atoms with van der Waals surface area (Å²) in [4.78, 5) is 35.9. The van der Waals surface area contributed by atoms with Crippen LogP contribution in [0.4, 0.5) is 0 Å². The van der Waals surface area contributed by atoms with Crippen molar-refractivity contribution in [2.45, 2.75) is 315 Å². The number of esters is 2. The number of ether oxygens (including phenoxy) is 2. The summed E-state index contributed by atoms with van der Waals surface area (Å²) in [5, 5.41) is 0. The van der Waals surface area contributed by atoms with E-state index in [1.54, 1.807) is 0 Å². The molecule has 2 unspecified atom stereocenters. The van der Waals surface area contributed by atoms with Crippen LogP contribution in [0.25, 0.3) is 0 Å². The minimum absolute atomic E-state index is 0.0280. The molecule has 0 aliphatic rings. The van der Waals surface area contributed by atoms with E-state index in [2.05, 4.69) is 148 Å². The van der Waals surface area contributed by atoms with Gasteiger partial charge in [0.05, 0.1) is 27.7 Å². The van der Waals surface area contributed by atoms with Gasteiger partial charge in [0.15, 0.2) is 6.10 Å². The largest absolute Gasteiger partial charge is 0.472 e. The highest BCUT2D eigenvalue weighted by atomic mass is 31.2. The summed E-state index contributed by atoms with van der Waals surface area (Å²) in [5.41, 5.74) is 0. The number of phosphoric acid groups is 1. The molecule has 0 saturated heterocycles. The molecule has 0 aromatic carbocycles. The van der Waals surface area contributed by atoms with Gasteiger partial charge < -0.3 is 18.9 Å². The zero-order valence-corrected chi connectivity index (χ0v) is 59.7. The van der Waals surface area contributed by atoms with E-state index in [4.69, 9.17) is 18.5 Å². The van der Waals surface area contributed by atoms with Crippen molar-refractivity contribution >= 4 is 19.8 Å². The number of likely N-dealkylation sites (N-methyl/N-ethyl adjacent to an activating group) is 1. The Morgan fingerprint density at radius 3 is 0.889 bits per heavy atom. The van der Waals surface area contributed by atoms with Gasteiger partial charge in [-0.15, -0.1) is 0 Å². The van der Waals surface area contributed by atoms with Crippen molar-refractivity contribution < 1.29 is 42.1 Å². The van der Waals surface area contributed by atoms with Crippen LogP contribution in [0, 0.1) is 0 Å². The average molecular weight is 1270 g/mol. The number of hydrogen-bond donors (Lipinski definition) is 1. The molecule has 10 heteroatoms. The maximum absolute atomic E-state index is 12.9. The van der Waals surface area contributed by atoms with Gasteiger partial charge in [-0.05, 0) is 109 Å². The Morgan fingerprint density at radius 1 is 0.344 bits per heavy atom. The van der Waals surface area contributed by atoms with Crippen molar-refractivity contribution in [2.24, 2.45) is 0 Å². The van der Waals surface area contributed by atoms with Gasteiger partial charge >= 0.3 is 19.8 Å². The van der Waals surface area contributed by atoms with Crippen molar-refractivity contribution in [1.29, 1.82) is 0 Å². The molecule has 0 aromatic heterocycles. The van der Waals surface area contributed by atoms with Gasteiger partial charge in [-0.1, -0.05) is 321 Å². The Hall–Kier alpha value is -3.85. The number of allylic oxidation sites excluding steroid dienone is 22. The topological polar surface area (TPSA) is 108 Å². The molecule has 0 aromatic rings. The molecule has 0 heterocycles. The van der Waals surface area contributed by atoms with Crippen LogP contribution in [-0.4, -0.2) is 74.9 Å². The molecule has 1 N–H and O–H groups in total. The highest BCUT2D eigenvalue weighted by molar-refractivity contribution is 7.47. The van der Waals surface area contributed by atoms with Crippen molar-refractivity contribution in [3.05, 3.63) is 134 Å². The molecule has 0 bridgehead atoms. The number of phosphoric ester groups is 1. The molecule has 0 rings (SSSR count). The summed E-state index contributed by atoms with van der Waals surface area (Å²) in [5.74, 6) is -0.792. The molecule has 0 amide bonds. The zero-order chi connectivity index (χ0) is 65.5. The van der Waals surface area contributed by atoms with E-state index in [0.717, 1.165) is 109 Å². The van der Waals surface area contributed by atoms with Crippen LogP contribution in [-0.2, 0) is 32.7 Å². The van der Waals surface area contributed by atoms with Gasteiger partial charge in [0.25, 0.3) is 0 Å². The summed E-state index contributed by atoms with van der Waals surface area (Å²) in [6.07, 6.45) is 101. The fourth-order valence-electron chi connectivity index (χ4n) is 10.1. The van der Waals surface area contributed by atoms with Gasteiger partial charge in [-0.2, -0.15) is 0 Å². The third-order valence-electron chi connectivity index (χ3n) is 15.7. The lowest BCUT2D eigenvalue weighted by Crippen LogP contribution is -2.37. The Kier molecular flexibility index (Phi) is 66.5. The van der Waals surface area contributed by atoms with Gasteiger partial charge in [0, 0.05) is 12.8 Å². The Balaban J connectivity index is 4.02. The maximum atomic E-state index is 12.9. The standard InChI is InChI=1S/C80H138NO8P/c1-6-8-10-12-14-16-18-20-22-24-26-28-30-32-34-36-37-38-39-40-41-42-43-45-47-49-51-53-55-57-59-61-63-65-67-69-71-73-80(83)89-78(77-88-90(84,85)87-75-74-81(3,4)5)76-86-79(82)72-70-68-66-64-62-60-58-56-54-52-50-48-46-44-35-33-31-29-27-25-23-21-19-17-15-13-11-9-7-2/h8-11,14-17,20-23,26-29,32,34,37-38,40-41,78H,6-7,12-13,18-19,24-25,30-31,33,35-36,39,42-77H2,1-5H3/p+1/b10-8-,11-9-,16-14-,17-15-,22-20-,23-21-,28-26-,29-27-,34-32-,38-37-,41-40-. The predicted molar refractivity (Wildman–Crippen MR) is 390 cm³/mol. The second kappa shape index (κ2) is 69.5. The van der Waals surface area contributed by atoms with Crippen molar-refractivity contribution in [3.63, 3.8) is 0 Å². The van der Waals surface area contributed by atoms with Crippen LogP contribution in [0.15, 0.2) is 134 Å². The normalized spacial score (nSPS) is 13.9. The molecule has 0 saturated carbocycles. The molecule has 0 aliphatic carbocycles. The molecular weight excluding hydrogens is 1130 g/mol. The summed E-state index contributed by atoms with van der Waals surface area (Å²) in [6.45, 7) is 4.23. The van der Waals surface area contributed by atoms with Crippen LogP contribution < -0.4 is 0 Å². The fraction of sp³-hybridized carbons (Fsp3) is 0.700. The van der Waals surface area contributed by atoms with E-state index in [1.165, 1.54) is 167 Å².